The maximum absolute atomic E-state index is 15.0. The summed E-state index contributed by atoms with van der Waals surface area (Å²) in [5, 5.41) is 8.55. The van der Waals surface area contributed by atoms with E-state index in [0.717, 1.165) is 46.6 Å². The van der Waals surface area contributed by atoms with E-state index in [1.165, 1.54) is 6.20 Å². The topological polar surface area (TPSA) is 76.2 Å². The van der Waals surface area contributed by atoms with Gasteiger partial charge in [-0.3, -0.25) is 5.10 Å². The molecule has 2 aromatic carbocycles. The van der Waals surface area contributed by atoms with Crippen LogP contribution in [-0.2, 0) is 11.3 Å². The average molecular weight is 482 g/mol. The van der Waals surface area contributed by atoms with E-state index in [-0.39, 0.29) is 0 Å². The first-order valence-corrected chi connectivity index (χ1v) is 11.8. The highest BCUT2D eigenvalue weighted by Crippen LogP contribution is 2.36. The van der Waals surface area contributed by atoms with Gasteiger partial charge in [0.1, 0.15) is 23.9 Å². The Bertz CT molecular complexity index is 1500. The monoisotopic (exact) mass is 481 g/mol. The highest BCUT2D eigenvalue weighted by Gasteiger charge is 2.18. The van der Waals surface area contributed by atoms with Crippen LogP contribution in [0.4, 0.5) is 10.2 Å². The minimum absolute atomic E-state index is 0.325. The summed E-state index contributed by atoms with van der Waals surface area (Å²) in [7, 11) is 0. The van der Waals surface area contributed by atoms with Crippen molar-refractivity contribution in [2.75, 3.05) is 31.2 Å². The highest BCUT2D eigenvalue weighted by atomic mass is 19.1. The van der Waals surface area contributed by atoms with E-state index in [1.54, 1.807) is 12.3 Å². The Morgan fingerprint density at radius 2 is 1.75 bits per heavy atom. The van der Waals surface area contributed by atoms with Gasteiger partial charge in [-0.05, 0) is 41.5 Å². The molecule has 36 heavy (non-hydrogen) atoms. The summed E-state index contributed by atoms with van der Waals surface area (Å²) in [5.74, 6) is 0.746. The Morgan fingerprint density at radius 3 is 2.61 bits per heavy atom. The van der Waals surface area contributed by atoms with Crippen LogP contribution in [0.25, 0.3) is 33.3 Å². The summed E-state index contributed by atoms with van der Waals surface area (Å²) in [6.45, 7) is 3.30. The van der Waals surface area contributed by atoms with Gasteiger partial charge >= 0.3 is 0 Å². The first-order chi connectivity index (χ1) is 17.8. The molecule has 1 aliphatic heterocycles. The van der Waals surface area contributed by atoms with Crippen LogP contribution < -0.4 is 9.64 Å². The summed E-state index contributed by atoms with van der Waals surface area (Å²) in [6.07, 6.45) is 3.21. The van der Waals surface area contributed by atoms with Crippen LogP contribution in [0.5, 0.6) is 5.75 Å². The highest BCUT2D eigenvalue weighted by molar-refractivity contribution is 5.96. The Labute approximate surface area is 207 Å². The van der Waals surface area contributed by atoms with Gasteiger partial charge in [-0.2, -0.15) is 9.49 Å². The maximum atomic E-state index is 15.0. The van der Waals surface area contributed by atoms with Crippen LogP contribution in [0, 0.1) is 5.95 Å². The molecule has 0 spiro atoms. The predicted molar refractivity (Wildman–Crippen MR) is 136 cm³/mol. The second-order valence-electron chi connectivity index (χ2n) is 8.58. The molecule has 0 bridgehead atoms. The number of aromatic nitrogens is 4. The van der Waals surface area contributed by atoms with Crippen molar-refractivity contribution in [2.45, 2.75) is 6.61 Å². The number of nitrogens with one attached hydrogen (secondary N) is 1. The molecule has 0 radical (unpaired) electrons. The van der Waals surface area contributed by atoms with Gasteiger partial charge in [-0.25, -0.2) is 9.97 Å². The fourth-order valence-corrected chi connectivity index (χ4v) is 4.46. The molecule has 6 rings (SSSR count). The molecular formula is C28H24FN5O2. The Morgan fingerprint density at radius 1 is 0.917 bits per heavy atom. The van der Waals surface area contributed by atoms with E-state index in [9.17, 15) is 0 Å². The number of nitrogens with zero attached hydrogens (tertiary/aromatic N) is 4. The zero-order valence-corrected chi connectivity index (χ0v) is 19.5. The van der Waals surface area contributed by atoms with Crippen molar-refractivity contribution in [1.82, 2.24) is 20.2 Å². The molecule has 1 N–H and O–H groups in total. The van der Waals surface area contributed by atoms with Gasteiger partial charge in [0.15, 0.2) is 0 Å². The van der Waals surface area contributed by atoms with E-state index in [2.05, 4.69) is 25.1 Å². The molecule has 7 nitrogen and oxygen atoms in total. The minimum atomic E-state index is -0.580. The smallest absolute Gasteiger partial charge is 0.224 e. The summed E-state index contributed by atoms with van der Waals surface area (Å²) < 4.78 is 26.5. The molecule has 3 aromatic heterocycles. The predicted octanol–water partition coefficient (Wildman–Crippen LogP) is 5.24. The van der Waals surface area contributed by atoms with Gasteiger partial charge in [0.05, 0.1) is 24.3 Å². The number of H-pyrrole nitrogens is 1. The third-order valence-electron chi connectivity index (χ3n) is 6.31. The number of benzene rings is 2. The number of pyridine rings is 2. The van der Waals surface area contributed by atoms with Crippen LogP contribution in [0.1, 0.15) is 5.56 Å². The minimum Gasteiger partial charge on any atom is -0.488 e. The number of aromatic amines is 1. The van der Waals surface area contributed by atoms with Crippen molar-refractivity contribution in [1.29, 1.82) is 0 Å². The molecule has 0 saturated carbocycles. The second-order valence-corrected chi connectivity index (χ2v) is 8.58. The SMILES string of the molecule is Fc1nccc(OCc2ccccc2)c1-c1ccc2[nH]nc(-c3ccnc(N4CCOCC4)c3)c2c1. The van der Waals surface area contributed by atoms with E-state index < -0.39 is 5.95 Å². The van der Waals surface area contributed by atoms with Crippen LogP contribution >= 0.6 is 0 Å². The van der Waals surface area contributed by atoms with E-state index in [0.29, 0.717) is 36.7 Å². The lowest BCUT2D eigenvalue weighted by molar-refractivity contribution is 0.122. The second kappa shape index (κ2) is 9.75. The lowest BCUT2D eigenvalue weighted by Gasteiger charge is -2.27. The summed E-state index contributed by atoms with van der Waals surface area (Å²) in [5.41, 5.74) is 4.56. The van der Waals surface area contributed by atoms with Gasteiger partial charge in [-0.15, -0.1) is 0 Å². The molecule has 5 aromatic rings. The molecule has 0 unspecified atom stereocenters. The first-order valence-electron chi connectivity index (χ1n) is 11.8. The van der Waals surface area contributed by atoms with Gasteiger partial charge in [0.2, 0.25) is 5.95 Å². The number of hydrogen-bond acceptors (Lipinski definition) is 6. The van der Waals surface area contributed by atoms with Crippen molar-refractivity contribution in [3.05, 3.63) is 90.6 Å². The number of ether oxygens (including phenoxy) is 2. The molecule has 4 heterocycles. The van der Waals surface area contributed by atoms with Crippen molar-refractivity contribution < 1.29 is 13.9 Å². The molecule has 0 aliphatic carbocycles. The normalized spacial score (nSPS) is 13.8. The van der Waals surface area contributed by atoms with Crippen molar-refractivity contribution in [3.8, 4) is 28.1 Å². The van der Waals surface area contributed by atoms with Crippen LogP contribution in [0.15, 0.2) is 79.1 Å². The molecule has 1 fully saturated rings. The zero-order chi connectivity index (χ0) is 24.3. The third-order valence-corrected chi connectivity index (χ3v) is 6.31. The van der Waals surface area contributed by atoms with E-state index in [1.807, 2.05) is 60.7 Å². The Kier molecular flexibility index (Phi) is 6.01. The van der Waals surface area contributed by atoms with Crippen LogP contribution in [0.2, 0.25) is 0 Å². The largest absolute Gasteiger partial charge is 0.488 e. The number of halogens is 1. The number of rotatable bonds is 6. The van der Waals surface area contributed by atoms with Crippen LogP contribution in [0.3, 0.4) is 0 Å². The number of fused-ring (bicyclic) bond motifs is 1. The molecule has 1 saturated heterocycles. The summed E-state index contributed by atoms with van der Waals surface area (Å²) >= 11 is 0. The lowest BCUT2D eigenvalue weighted by atomic mass is 10.0. The maximum Gasteiger partial charge on any atom is 0.224 e. The van der Waals surface area contributed by atoms with E-state index >= 15 is 4.39 Å². The van der Waals surface area contributed by atoms with Gasteiger partial charge < -0.3 is 14.4 Å². The lowest BCUT2D eigenvalue weighted by Crippen LogP contribution is -2.36. The molecule has 180 valence electrons. The fourth-order valence-electron chi connectivity index (χ4n) is 4.46. The Balaban J connectivity index is 1.37. The molecule has 0 atom stereocenters. The number of anilines is 1. The Hall–Kier alpha value is -4.30. The van der Waals surface area contributed by atoms with Crippen molar-refractivity contribution in [3.63, 3.8) is 0 Å². The van der Waals surface area contributed by atoms with Gasteiger partial charge in [0.25, 0.3) is 0 Å². The number of morpholine rings is 1. The number of hydrogen-bond donors (Lipinski definition) is 1. The van der Waals surface area contributed by atoms with Gasteiger partial charge in [-0.1, -0.05) is 36.4 Å². The van der Waals surface area contributed by atoms with Crippen LogP contribution in [-0.4, -0.2) is 46.5 Å². The summed E-state index contributed by atoms with van der Waals surface area (Å²) in [6, 6.07) is 21.1. The van der Waals surface area contributed by atoms with Gasteiger partial charge in [0, 0.05) is 36.4 Å². The fraction of sp³-hybridized carbons (Fsp3) is 0.179. The van der Waals surface area contributed by atoms with Crippen molar-refractivity contribution in [2.24, 2.45) is 0 Å². The molecular weight excluding hydrogens is 457 g/mol. The molecule has 0 amide bonds. The first kappa shape index (κ1) is 22.2. The molecule has 8 heteroatoms. The zero-order valence-electron chi connectivity index (χ0n) is 19.5. The molecule has 1 aliphatic rings. The van der Waals surface area contributed by atoms with E-state index in [4.69, 9.17) is 9.47 Å². The van der Waals surface area contributed by atoms with Crippen molar-refractivity contribution >= 4 is 16.7 Å². The quantitative estimate of drug-likeness (QED) is 0.334. The average Bonchev–Trinajstić information content (AvgIpc) is 3.36. The standard InChI is InChI=1S/C28H24FN5O2/c29-28-26(24(9-11-31-28)36-18-19-4-2-1-3-5-19)20-6-7-23-22(16-20)27(33-32-23)21-8-10-30-25(17-21)34-12-14-35-15-13-34/h1-11,16-17H,12-15,18H2,(H,32,33). The third kappa shape index (κ3) is 4.38. The summed E-state index contributed by atoms with van der Waals surface area (Å²) in [4.78, 5) is 10.6.